The Morgan fingerprint density at radius 3 is 2.44 bits per heavy atom. The molecule has 1 aliphatic heterocycles. The average molecular weight is 485 g/mol. The molecule has 0 saturated carbocycles. The predicted molar refractivity (Wildman–Crippen MR) is 132 cm³/mol. The minimum atomic E-state index is -0.678. The fourth-order valence-corrected chi connectivity index (χ4v) is 4.71. The Hall–Kier alpha value is -4.39. The van der Waals surface area contributed by atoms with Crippen molar-refractivity contribution in [3.05, 3.63) is 125 Å². The molecular formula is C29H25FN2O4. The van der Waals surface area contributed by atoms with Crippen molar-refractivity contribution < 1.29 is 23.1 Å². The van der Waals surface area contributed by atoms with Crippen LogP contribution in [0.2, 0.25) is 0 Å². The third-order valence-corrected chi connectivity index (χ3v) is 6.46. The lowest BCUT2D eigenvalue weighted by atomic mass is 9.79. The molecule has 0 radical (unpaired) electrons. The van der Waals surface area contributed by atoms with Gasteiger partial charge in [0.15, 0.2) is 0 Å². The van der Waals surface area contributed by atoms with E-state index in [1.165, 1.54) is 12.1 Å². The van der Waals surface area contributed by atoms with Gasteiger partial charge in [0.2, 0.25) is 5.91 Å². The van der Waals surface area contributed by atoms with E-state index in [0.29, 0.717) is 22.6 Å². The number of benzene rings is 3. The van der Waals surface area contributed by atoms with Crippen LogP contribution in [0.4, 0.5) is 4.39 Å². The molecule has 3 aromatic carbocycles. The SMILES string of the molecule is COc1ccc(C2C(C(=O)NCc3ccco3)c3ccccc3C(=O)N2Cc2ccc(F)cc2)cc1. The van der Waals surface area contributed by atoms with E-state index in [9.17, 15) is 14.0 Å². The van der Waals surface area contributed by atoms with Gasteiger partial charge in [0.1, 0.15) is 17.3 Å². The molecule has 7 heteroatoms. The largest absolute Gasteiger partial charge is 0.497 e. The summed E-state index contributed by atoms with van der Waals surface area (Å²) in [6.45, 7) is 0.442. The number of methoxy groups -OCH3 is 1. The Balaban J connectivity index is 1.59. The van der Waals surface area contributed by atoms with E-state index >= 15 is 0 Å². The van der Waals surface area contributed by atoms with Crippen LogP contribution in [0.25, 0.3) is 0 Å². The van der Waals surface area contributed by atoms with Crippen molar-refractivity contribution in [1.82, 2.24) is 10.2 Å². The zero-order chi connectivity index (χ0) is 25.1. The van der Waals surface area contributed by atoms with Crippen molar-refractivity contribution in [1.29, 1.82) is 0 Å². The lowest BCUT2D eigenvalue weighted by Gasteiger charge is -2.42. The molecule has 0 saturated heterocycles. The van der Waals surface area contributed by atoms with Gasteiger partial charge in [-0.2, -0.15) is 0 Å². The molecule has 182 valence electrons. The minimum absolute atomic E-state index is 0.189. The summed E-state index contributed by atoms with van der Waals surface area (Å²) in [7, 11) is 1.58. The van der Waals surface area contributed by atoms with Crippen LogP contribution < -0.4 is 10.1 Å². The fourth-order valence-electron chi connectivity index (χ4n) is 4.71. The number of carbonyl (C=O) groups excluding carboxylic acids is 2. The van der Waals surface area contributed by atoms with Gasteiger partial charge in [0.05, 0.1) is 31.9 Å². The Bertz CT molecular complexity index is 1350. The third kappa shape index (κ3) is 4.60. The second-order valence-electron chi connectivity index (χ2n) is 8.64. The molecule has 1 aliphatic rings. The maximum absolute atomic E-state index is 13.8. The number of nitrogens with zero attached hydrogens (tertiary/aromatic N) is 1. The summed E-state index contributed by atoms with van der Waals surface area (Å²) >= 11 is 0. The Labute approximate surface area is 208 Å². The lowest BCUT2D eigenvalue weighted by molar-refractivity contribution is -0.124. The summed E-state index contributed by atoms with van der Waals surface area (Å²) in [5.74, 6) is -0.140. The van der Waals surface area contributed by atoms with E-state index in [1.54, 1.807) is 54.7 Å². The number of halogens is 1. The molecule has 0 fully saturated rings. The third-order valence-electron chi connectivity index (χ3n) is 6.46. The minimum Gasteiger partial charge on any atom is -0.497 e. The number of carbonyl (C=O) groups is 2. The Morgan fingerprint density at radius 2 is 1.75 bits per heavy atom. The molecule has 36 heavy (non-hydrogen) atoms. The van der Waals surface area contributed by atoms with Gasteiger partial charge in [0, 0.05) is 12.1 Å². The van der Waals surface area contributed by atoms with E-state index in [2.05, 4.69) is 5.32 Å². The molecule has 0 bridgehead atoms. The molecule has 2 unspecified atom stereocenters. The summed E-state index contributed by atoms with van der Waals surface area (Å²) in [6.07, 6.45) is 1.56. The monoisotopic (exact) mass is 484 g/mol. The summed E-state index contributed by atoms with van der Waals surface area (Å²) in [5.41, 5.74) is 2.69. The van der Waals surface area contributed by atoms with Gasteiger partial charge >= 0.3 is 0 Å². The molecule has 0 aliphatic carbocycles. The highest BCUT2D eigenvalue weighted by Gasteiger charge is 2.44. The topological polar surface area (TPSA) is 71.8 Å². The molecule has 2 amide bonds. The maximum Gasteiger partial charge on any atom is 0.255 e. The number of ether oxygens (including phenoxy) is 1. The average Bonchev–Trinajstić information content (AvgIpc) is 3.44. The van der Waals surface area contributed by atoms with Crippen LogP contribution in [0, 0.1) is 5.82 Å². The smallest absolute Gasteiger partial charge is 0.255 e. The number of furan rings is 1. The number of hydrogen-bond donors (Lipinski definition) is 1. The molecule has 2 atom stereocenters. The molecule has 1 aromatic heterocycles. The van der Waals surface area contributed by atoms with Crippen molar-refractivity contribution in [2.75, 3.05) is 7.11 Å². The first-order valence-corrected chi connectivity index (χ1v) is 11.6. The standard InChI is InChI=1S/C29H25FN2O4/c1-35-22-14-10-20(11-15-22)27-26(28(33)31-17-23-5-4-16-36-23)24-6-2-3-7-25(24)29(34)32(27)18-19-8-12-21(30)13-9-19/h2-16,26-27H,17-18H2,1H3,(H,31,33). The van der Waals surface area contributed by atoms with Gasteiger partial charge in [-0.15, -0.1) is 0 Å². The second-order valence-corrected chi connectivity index (χ2v) is 8.64. The number of nitrogens with one attached hydrogen (secondary N) is 1. The molecule has 0 spiro atoms. The fraction of sp³-hybridized carbons (Fsp3) is 0.172. The van der Waals surface area contributed by atoms with Gasteiger partial charge in [-0.05, 0) is 59.2 Å². The van der Waals surface area contributed by atoms with Gasteiger partial charge in [0.25, 0.3) is 5.91 Å². The first-order valence-electron chi connectivity index (χ1n) is 11.6. The van der Waals surface area contributed by atoms with Crippen LogP contribution >= 0.6 is 0 Å². The summed E-state index contributed by atoms with van der Waals surface area (Å²) < 4.78 is 24.3. The first kappa shape index (κ1) is 23.4. The maximum atomic E-state index is 13.8. The molecule has 5 rings (SSSR count). The number of fused-ring (bicyclic) bond motifs is 1. The zero-order valence-corrected chi connectivity index (χ0v) is 19.7. The zero-order valence-electron chi connectivity index (χ0n) is 19.7. The number of amides is 2. The van der Waals surface area contributed by atoms with Crippen LogP contribution in [0.1, 0.15) is 44.8 Å². The van der Waals surface area contributed by atoms with Crippen LogP contribution in [0.5, 0.6) is 5.75 Å². The van der Waals surface area contributed by atoms with Crippen molar-refractivity contribution in [2.24, 2.45) is 0 Å². The van der Waals surface area contributed by atoms with Crippen LogP contribution in [-0.4, -0.2) is 23.8 Å². The molecule has 4 aromatic rings. The second kappa shape index (κ2) is 10.1. The highest BCUT2D eigenvalue weighted by Crippen LogP contribution is 2.44. The molecular weight excluding hydrogens is 459 g/mol. The van der Waals surface area contributed by atoms with Crippen molar-refractivity contribution in [3.8, 4) is 5.75 Å². The highest BCUT2D eigenvalue weighted by molar-refractivity contribution is 6.01. The van der Waals surface area contributed by atoms with Gasteiger partial charge < -0.3 is 19.4 Å². The summed E-state index contributed by atoms with van der Waals surface area (Å²) in [4.78, 5) is 29.2. The van der Waals surface area contributed by atoms with Crippen molar-refractivity contribution in [2.45, 2.75) is 25.0 Å². The Morgan fingerprint density at radius 1 is 1.00 bits per heavy atom. The van der Waals surface area contributed by atoms with E-state index in [1.807, 2.05) is 36.4 Å². The number of hydrogen-bond acceptors (Lipinski definition) is 4. The van der Waals surface area contributed by atoms with Crippen LogP contribution in [0.3, 0.4) is 0 Å². The molecule has 6 nitrogen and oxygen atoms in total. The predicted octanol–water partition coefficient (Wildman–Crippen LogP) is 5.22. The normalized spacial score (nSPS) is 16.9. The molecule has 1 N–H and O–H groups in total. The summed E-state index contributed by atoms with van der Waals surface area (Å²) in [5, 5.41) is 2.98. The van der Waals surface area contributed by atoms with E-state index < -0.39 is 12.0 Å². The molecule has 2 heterocycles. The van der Waals surface area contributed by atoms with Gasteiger partial charge in [-0.25, -0.2) is 4.39 Å². The quantitative estimate of drug-likeness (QED) is 0.390. The summed E-state index contributed by atoms with van der Waals surface area (Å²) in [6, 6.07) is 23.6. The van der Waals surface area contributed by atoms with Gasteiger partial charge in [-0.3, -0.25) is 9.59 Å². The van der Waals surface area contributed by atoms with Crippen LogP contribution in [0.15, 0.2) is 95.6 Å². The first-order chi connectivity index (χ1) is 17.5. The van der Waals surface area contributed by atoms with E-state index in [4.69, 9.17) is 9.15 Å². The van der Waals surface area contributed by atoms with Gasteiger partial charge in [-0.1, -0.05) is 42.5 Å². The number of rotatable bonds is 7. The van der Waals surface area contributed by atoms with E-state index in [-0.39, 0.29) is 30.7 Å². The van der Waals surface area contributed by atoms with Crippen LogP contribution in [-0.2, 0) is 17.9 Å². The Kier molecular flexibility index (Phi) is 6.54. The van der Waals surface area contributed by atoms with E-state index in [0.717, 1.165) is 11.1 Å². The van der Waals surface area contributed by atoms with Crippen molar-refractivity contribution in [3.63, 3.8) is 0 Å². The highest BCUT2D eigenvalue weighted by atomic mass is 19.1. The van der Waals surface area contributed by atoms with Crippen molar-refractivity contribution >= 4 is 11.8 Å². The lowest BCUT2D eigenvalue weighted by Crippen LogP contribution is -2.47.